The van der Waals surface area contributed by atoms with E-state index in [2.05, 4.69) is 4.74 Å². The first-order valence-corrected chi connectivity index (χ1v) is 5.00. The molecule has 0 heterocycles. The lowest BCUT2D eigenvalue weighted by Crippen LogP contribution is -2.09. The molecule has 16 heavy (non-hydrogen) atoms. The van der Waals surface area contributed by atoms with Gasteiger partial charge in [0.2, 0.25) is 0 Å². The van der Waals surface area contributed by atoms with E-state index >= 15 is 0 Å². The molecule has 0 spiro atoms. The van der Waals surface area contributed by atoms with Crippen molar-refractivity contribution in [3.05, 3.63) is 34.6 Å². The molecule has 5 heteroatoms. The van der Waals surface area contributed by atoms with E-state index in [-0.39, 0.29) is 23.4 Å². The second-order valence-corrected chi connectivity index (χ2v) is 3.32. The van der Waals surface area contributed by atoms with Crippen molar-refractivity contribution in [2.75, 3.05) is 7.11 Å². The highest BCUT2D eigenvalue weighted by atomic mass is 35.5. The topological polar surface area (TPSA) is 50.1 Å². The summed E-state index contributed by atoms with van der Waals surface area (Å²) >= 11 is 5.64. The summed E-state index contributed by atoms with van der Waals surface area (Å²) in [5.41, 5.74) is 0.741. The van der Waals surface area contributed by atoms with E-state index in [0.29, 0.717) is 5.56 Å². The fourth-order valence-corrected chi connectivity index (χ4v) is 1.63. The molecule has 84 valence electrons. The van der Waals surface area contributed by atoms with Crippen LogP contribution in [0.25, 0.3) is 0 Å². The van der Waals surface area contributed by atoms with E-state index in [4.69, 9.17) is 16.9 Å². The van der Waals surface area contributed by atoms with E-state index in [1.807, 2.05) is 6.07 Å². The molecule has 0 bridgehead atoms. The van der Waals surface area contributed by atoms with Gasteiger partial charge < -0.3 is 4.74 Å². The quantitative estimate of drug-likeness (QED) is 0.602. The summed E-state index contributed by atoms with van der Waals surface area (Å²) in [6, 6.07) is 4.39. The molecule has 0 saturated carbocycles. The van der Waals surface area contributed by atoms with Gasteiger partial charge in [-0.2, -0.15) is 5.26 Å². The lowest BCUT2D eigenvalue weighted by molar-refractivity contribution is -0.139. The average molecular weight is 242 g/mol. The number of halogens is 2. The highest BCUT2D eigenvalue weighted by Gasteiger charge is 2.16. The van der Waals surface area contributed by atoms with Gasteiger partial charge in [-0.25, -0.2) is 4.39 Å². The van der Waals surface area contributed by atoms with Crippen LogP contribution in [0.4, 0.5) is 4.39 Å². The summed E-state index contributed by atoms with van der Waals surface area (Å²) < 4.78 is 17.9. The van der Waals surface area contributed by atoms with Gasteiger partial charge in [0.25, 0.3) is 0 Å². The Morgan fingerprint density at radius 1 is 1.56 bits per heavy atom. The molecule has 0 radical (unpaired) electrons. The monoisotopic (exact) mass is 241 g/mol. The molecule has 0 aliphatic carbocycles. The molecule has 0 amide bonds. The number of nitrogens with zero attached hydrogens (tertiary/aromatic N) is 1. The number of methoxy groups -OCH3 is 1. The maximum atomic E-state index is 13.5. The maximum Gasteiger partial charge on any atom is 0.310 e. The van der Waals surface area contributed by atoms with Crippen LogP contribution in [0.2, 0.25) is 0 Å². The molecule has 0 aromatic heterocycles. The highest BCUT2D eigenvalue weighted by Crippen LogP contribution is 2.21. The van der Waals surface area contributed by atoms with Crippen molar-refractivity contribution in [3.8, 4) is 6.07 Å². The van der Waals surface area contributed by atoms with Crippen LogP contribution in [0, 0.1) is 17.1 Å². The average Bonchev–Trinajstić information content (AvgIpc) is 2.31. The molecular weight excluding hydrogens is 233 g/mol. The van der Waals surface area contributed by atoms with Crippen molar-refractivity contribution in [1.29, 1.82) is 5.26 Å². The third-order valence-electron chi connectivity index (χ3n) is 2.18. The molecule has 0 aliphatic heterocycles. The number of nitriles is 1. The Morgan fingerprint density at radius 3 is 2.75 bits per heavy atom. The standard InChI is InChI=1S/C11H9ClFNO2/c1-16-11(15)4-8-9(5-12)7(6-14)2-3-10(8)13/h2-3H,4-5H2,1H3. The van der Waals surface area contributed by atoms with Crippen molar-refractivity contribution < 1.29 is 13.9 Å². The summed E-state index contributed by atoms with van der Waals surface area (Å²) in [7, 11) is 1.22. The van der Waals surface area contributed by atoms with Crippen molar-refractivity contribution in [2.45, 2.75) is 12.3 Å². The number of ether oxygens (including phenoxy) is 1. The zero-order chi connectivity index (χ0) is 12.1. The Hall–Kier alpha value is -1.60. The Balaban J connectivity index is 3.24. The first kappa shape index (κ1) is 12.5. The van der Waals surface area contributed by atoms with Gasteiger partial charge >= 0.3 is 5.97 Å². The van der Waals surface area contributed by atoms with Crippen molar-refractivity contribution in [3.63, 3.8) is 0 Å². The molecule has 1 aromatic carbocycles. The number of carbonyl (C=O) groups is 1. The predicted molar refractivity (Wildman–Crippen MR) is 56.4 cm³/mol. The van der Waals surface area contributed by atoms with Gasteiger partial charge in [-0.1, -0.05) is 0 Å². The van der Waals surface area contributed by atoms with Crippen molar-refractivity contribution >= 4 is 17.6 Å². The lowest BCUT2D eigenvalue weighted by atomic mass is 10.00. The minimum atomic E-state index is -0.569. The van der Waals surface area contributed by atoms with E-state index in [0.717, 1.165) is 6.07 Å². The minimum absolute atomic E-state index is 0.0209. The van der Waals surface area contributed by atoms with Gasteiger partial charge in [0.1, 0.15) is 5.82 Å². The molecule has 1 rings (SSSR count). The van der Waals surface area contributed by atoms with Gasteiger partial charge in [0.05, 0.1) is 25.2 Å². The molecule has 0 unspecified atom stereocenters. The third kappa shape index (κ3) is 2.50. The van der Waals surface area contributed by atoms with Crippen molar-refractivity contribution in [1.82, 2.24) is 0 Å². The molecule has 0 atom stereocenters. The molecule has 0 aliphatic rings. The van der Waals surface area contributed by atoms with E-state index in [1.165, 1.54) is 13.2 Å². The highest BCUT2D eigenvalue weighted by molar-refractivity contribution is 6.17. The number of hydrogen-bond acceptors (Lipinski definition) is 3. The van der Waals surface area contributed by atoms with Crippen LogP contribution in [-0.2, 0) is 21.8 Å². The molecule has 0 saturated heterocycles. The predicted octanol–water partition coefficient (Wildman–Crippen LogP) is 2.15. The van der Waals surface area contributed by atoms with Crippen LogP contribution < -0.4 is 0 Å². The second kappa shape index (κ2) is 5.47. The number of rotatable bonds is 3. The maximum absolute atomic E-state index is 13.5. The van der Waals surface area contributed by atoms with Crippen LogP contribution in [0.5, 0.6) is 0 Å². The SMILES string of the molecule is COC(=O)Cc1c(F)ccc(C#N)c1CCl. The summed E-state index contributed by atoms with van der Waals surface area (Å²) in [5, 5.41) is 8.81. The molecular formula is C11H9ClFNO2. The molecule has 0 fully saturated rings. The largest absolute Gasteiger partial charge is 0.469 e. The summed E-state index contributed by atoms with van der Waals surface area (Å²) in [5.74, 6) is -1.15. The Bertz CT molecular complexity index is 454. The van der Waals surface area contributed by atoms with Crippen LogP contribution >= 0.6 is 11.6 Å². The van der Waals surface area contributed by atoms with Gasteiger partial charge in [0, 0.05) is 11.4 Å². The van der Waals surface area contributed by atoms with Crippen LogP contribution in [-0.4, -0.2) is 13.1 Å². The van der Waals surface area contributed by atoms with Crippen LogP contribution in [0.15, 0.2) is 12.1 Å². The van der Waals surface area contributed by atoms with Gasteiger partial charge in [-0.05, 0) is 17.7 Å². The first-order chi connectivity index (χ1) is 7.63. The van der Waals surface area contributed by atoms with E-state index in [1.54, 1.807) is 0 Å². The minimum Gasteiger partial charge on any atom is -0.469 e. The zero-order valence-electron chi connectivity index (χ0n) is 8.59. The summed E-state index contributed by atoms with van der Waals surface area (Å²) in [4.78, 5) is 11.1. The summed E-state index contributed by atoms with van der Waals surface area (Å²) in [6.45, 7) is 0. The Morgan fingerprint density at radius 2 is 2.25 bits per heavy atom. The zero-order valence-corrected chi connectivity index (χ0v) is 9.34. The van der Waals surface area contributed by atoms with E-state index in [9.17, 15) is 9.18 Å². The van der Waals surface area contributed by atoms with Gasteiger partial charge in [-0.15, -0.1) is 11.6 Å². The van der Waals surface area contributed by atoms with Gasteiger partial charge in [0.15, 0.2) is 0 Å². The smallest absolute Gasteiger partial charge is 0.310 e. The number of carbonyl (C=O) groups excluding carboxylic acids is 1. The third-order valence-corrected chi connectivity index (χ3v) is 2.44. The number of esters is 1. The molecule has 3 nitrogen and oxygen atoms in total. The number of alkyl halides is 1. The first-order valence-electron chi connectivity index (χ1n) is 4.47. The summed E-state index contributed by atoms with van der Waals surface area (Å²) in [6.07, 6.45) is -0.222. The normalized spacial score (nSPS) is 9.62. The fraction of sp³-hybridized carbons (Fsp3) is 0.273. The van der Waals surface area contributed by atoms with Crippen molar-refractivity contribution in [2.24, 2.45) is 0 Å². The molecule has 0 N–H and O–H groups in total. The lowest BCUT2D eigenvalue weighted by Gasteiger charge is -2.08. The van der Waals surface area contributed by atoms with E-state index < -0.39 is 11.8 Å². The fourth-order valence-electron chi connectivity index (χ4n) is 1.33. The van der Waals surface area contributed by atoms with Gasteiger partial charge in [-0.3, -0.25) is 4.79 Å². The number of benzene rings is 1. The van der Waals surface area contributed by atoms with Crippen LogP contribution in [0.1, 0.15) is 16.7 Å². The second-order valence-electron chi connectivity index (χ2n) is 3.05. The molecule has 1 aromatic rings. The van der Waals surface area contributed by atoms with Crippen LogP contribution in [0.3, 0.4) is 0 Å². The Kier molecular flexibility index (Phi) is 4.27. The number of hydrogen-bond donors (Lipinski definition) is 0. The Labute approximate surface area is 97.4 Å².